The maximum atomic E-state index is 12.8. The number of aliphatic hydroxyl groups excluding tert-OH is 1. The van der Waals surface area contributed by atoms with Crippen molar-refractivity contribution in [2.45, 2.75) is 58.3 Å². The first kappa shape index (κ1) is 19.1. The second kappa shape index (κ2) is 7.29. The van der Waals surface area contributed by atoms with Gasteiger partial charge >= 0.3 is 0 Å². The third-order valence-electron chi connectivity index (χ3n) is 6.21. The summed E-state index contributed by atoms with van der Waals surface area (Å²) in [6.07, 6.45) is 1.56. The Morgan fingerprint density at radius 3 is 2.64 bits per heavy atom. The van der Waals surface area contributed by atoms with Crippen LogP contribution in [-0.2, 0) is 31.4 Å². The SMILES string of the molecule is Cc1nn(C)c(C)c1CCC(=O)N1CCn2c(nnc2[C@@H]2C[C@@H](O)CN2C)C1. The number of amides is 1. The largest absolute Gasteiger partial charge is 0.392 e. The molecule has 0 aliphatic carbocycles. The average molecular weight is 387 g/mol. The Morgan fingerprint density at radius 1 is 1.21 bits per heavy atom. The Kier molecular flexibility index (Phi) is 4.96. The molecule has 2 atom stereocenters. The molecule has 1 fully saturated rings. The van der Waals surface area contributed by atoms with Crippen molar-refractivity contribution < 1.29 is 9.90 Å². The van der Waals surface area contributed by atoms with Gasteiger partial charge in [-0.15, -0.1) is 10.2 Å². The summed E-state index contributed by atoms with van der Waals surface area (Å²) in [4.78, 5) is 16.8. The maximum Gasteiger partial charge on any atom is 0.223 e. The van der Waals surface area contributed by atoms with Gasteiger partial charge in [-0.2, -0.15) is 5.10 Å². The molecule has 0 saturated carbocycles. The van der Waals surface area contributed by atoms with E-state index < -0.39 is 0 Å². The Balaban J connectivity index is 1.41. The van der Waals surface area contributed by atoms with Crippen LogP contribution in [0.25, 0.3) is 0 Å². The van der Waals surface area contributed by atoms with Gasteiger partial charge in [0.05, 0.1) is 24.4 Å². The van der Waals surface area contributed by atoms with E-state index >= 15 is 0 Å². The van der Waals surface area contributed by atoms with Gasteiger partial charge in [0.15, 0.2) is 11.6 Å². The van der Waals surface area contributed by atoms with E-state index in [4.69, 9.17) is 0 Å². The summed E-state index contributed by atoms with van der Waals surface area (Å²) in [7, 11) is 3.94. The molecule has 9 heteroatoms. The number of likely N-dealkylation sites (tertiary alicyclic amines) is 1. The number of rotatable bonds is 4. The van der Waals surface area contributed by atoms with Gasteiger partial charge in [-0.05, 0) is 39.3 Å². The Bertz CT molecular complexity index is 887. The molecule has 4 heterocycles. The number of hydrogen-bond acceptors (Lipinski definition) is 6. The van der Waals surface area contributed by atoms with E-state index in [0.717, 1.165) is 23.0 Å². The normalized spacial score (nSPS) is 22.7. The summed E-state index contributed by atoms with van der Waals surface area (Å²) >= 11 is 0. The lowest BCUT2D eigenvalue weighted by atomic mass is 10.1. The lowest BCUT2D eigenvalue weighted by molar-refractivity contribution is -0.132. The van der Waals surface area contributed by atoms with Gasteiger partial charge in [0.2, 0.25) is 5.91 Å². The number of hydrogen-bond donors (Lipinski definition) is 1. The van der Waals surface area contributed by atoms with Crippen LogP contribution in [0, 0.1) is 13.8 Å². The Hall–Kier alpha value is -2.26. The van der Waals surface area contributed by atoms with Crippen molar-refractivity contribution in [1.82, 2.24) is 34.3 Å². The summed E-state index contributed by atoms with van der Waals surface area (Å²) in [5, 5.41) is 23.1. The van der Waals surface area contributed by atoms with E-state index in [1.807, 2.05) is 37.5 Å². The minimum absolute atomic E-state index is 0.0926. The molecule has 152 valence electrons. The zero-order valence-corrected chi connectivity index (χ0v) is 17.1. The highest BCUT2D eigenvalue weighted by molar-refractivity contribution is 5.76. The summed E-state index contributed by atoms with van der Waals surface area (Å²) in [5.74, 6) is 1.88. The fraction of sp³-hybridized carbons (Fsp3) is 0.684. The number of nitrogens with zero attached hydrogens (tertiary/aromatic N) is 7. The fourth-order valence-corrected chi connectivity index (χ4v) is 4.48. The second-order valence-corrected chi connectivity index (χ2v) is 8.06. The summed E-state index contributed by atoms with van der Waals surface area (Å²) < 4.78 is 4.00. The predicted molar refractivity (Wildman–Crippen MR) is 102 cm³/mol. The van der Waals surface area contributed by atoms with Crippen LogP contribution in [0.1, 0.15) is 47.5 Å². The van der Waals surface area contributed by atoms with E-state index in [-0.39, 0.29) is 18.1 Å². The van der Waals surface area contributed by atoms with E-state index in [9.17, 15) is 9.90 Å². The lowest BCUT2D eigenvalue weighted by Gasteiger charge is -2.29. The minimum atomic E-state index is -0.316. The molecule has 0 radical (unpaired) electrons. The molecule has 1 amide bonds. The van der Waals surface area contributed by atoms with Crippen LogP contribution in [0.2, 0.25) is 0 Å². The molecular weight excluding hydrogens is 358 g/mol. The van der Waals surface area contributed by atoms with Crippen LogP contribution in [0.4, 0.5) is 0 Å². The molecule has 1 N–H and O–H groups in total. The highest BCUT2D eigenvalue weighted by Crippen LogP contribution is 2.31. The van der Waals surface area contributed by atoms with Crippen molar-refractivity contribution in [3.05, 3.63) is 28.6 Å². The molecule has 4 rings (SSSR count). The average Bonchev–Trinajstić information content (AvgIpc) is 3.29. The third kappa shape index (κ3) is 3.33. The quantitative estimate of drug-likeness (QED) is 0.813. The number of aliphatic hydroxyl groups is 1. The molecule has 0 unspecified atom stereocenters. The van der Waals surface area contributed by atoms with Gasteiger partial charge < -0.3 is 14.6 Å². The van der Waals surface area contributed by atoms with Crippen molar-refractivity contribution in [2.75, 3.05) is 20.1 Å². The molecule has 2 aliphatic rings. The van der Waals surface area contributed by atoms with Crippen molar-refractivity contribution in [3.63, 3.8) is 0 Å². The molecule has 0 spiro atoms. The van der Waals surface area contributed by atoms with Crippen LogP contribution >= 0.6 is 0 Å². The molecule has 9 nitrogen and oxygen atoms in total. The Morgan fingerprint density at radius 2 is 2.00 bits per heavy atom. The monoisotopic (exact) mass is 387 g/mol. The lowest BCUT2D eigenvalue weighted by Crippen LogP contribution is -2.39. The van der Waals surface area contributed by atoms with Crippen LogP contribution in [0.5, 0.6) is 0 Å². The zero-order valence-electron chi connectivity index (χ0n) is 17.1. The smallest absolute Gasteiger partial charge is 0.223 e. The van der Waals surface area contributed by atoms with Gasteiger partial charge in [0, 0.05) is 38.8 Å². The first-order valence-corrected chi connectivity index (χ1v) is 9.92. The van der Waals surface area contributed by atoms with Gasteiger partial charge in [-0.25, -0.2) is 0 Å². The predicted octanol–water partition coefficient (Wildman–Crippen LogP) is 0.341. The highest BCUT2D eigenvalue weighted by atomic mass is 16.3. The van der Waals surface area contributed by atoms with Crippen molar-refractivity contribution >= 4 is 5.91 Å². The summed E-state index contributed by atoms with van der Waals surface area (Å²) in [6, 6.07) is 0.0926. The number of carbonyl (C=O) groups excluding carboxylic acids is 1. The first-order valence-electron chi connectivity index (χ1n) is 9.92. The highest BCUT2D eigenvalue weighted by Gasteiger charge is 2.35. The van der Waals surface area contributed by atoms with Gasteiger partial charge in [0.25, 0.3) is 0 Å². The summed E-state index contributed by atoms with van der Waals surface area (Å²) in [5.41, 5.74) is 3.29. The fourth-order valence-electron chi connectivity index (χ4n) is 4.48. The summed E-state index contributed by atoms with van der Waals surface area (Å²) in [6.45, 7) is 6.56. The molecule has 1 saturated heterocycles. The number of fused-ring (bicyclic) bond motifs is 1. The van der Waals surface area contributed by atoms with Crippen molar-refractivity contribution in [2.24, 2.45) is 7.05 Å². The molecule has 0 aromatic carbocycles. The standard InChI is InChI=1S/C19H29N7O2/c1-12-15(13(2)24(4)22-12)5-6-18(28)25-7-8-26-17(11-25)20-21-19(26)16-9-14(27)10-23(16)3/h14,16,27H,5-11H2,1-4H3/t14-,16+/m1/s1. The van der Waals surface area contributed by atoms with E-state index in [1.165, 1.54) is 5.56 Å². The molecule has 28 heavy (non-hydrogen) atoms. The first-order chi connectivity index (χ1) is 13.3. The number of β-amino-alcohol motifs (C(OH)–C–C–N with tert-alkyl or cyclic N) is 1. The zero-order chi connectivity index (χ0) is 20.0. The topological polar surface area (TPSA) is 92.3 Å². The number of carbonyl (C=O) groups is 1. The minimum Gasteiger partial charge on any atom is -0.392 e. The van der Waals surface area contributed by atoms with Gasteiger partial charge in [-0.3, -0.25) is 14.4 Å². The van der Waals surface area contributed by atoms with Crippen LogP contribution in [0.3, 0.4) is 0 Å². The molecule has 2 aromatic rings. The molecule has 2 aliphatic heterocycles. The number of aryl methyl sites for hydroxylation is 2. The van der Waals surface area contributed by atoms with Gasteiger partial charge in [-0.1, -0.05) is 0 Å². The molecule has 2 aromatic heterocycles. The van der Waals surface area contributed by atoms with E-state index in [2.05, 4.69) is 24.8 Å². The molecular formula is C19H29N7O2. The second-order valence-electron chi connectivity index (χ2n) is 8.06. The van der Waals surface area contributed by atoms with Gasteiger partial charge in [0.1, 0.15) is 0 Å². The van der Waals surface area contributed by atoms with Crippen LogP contribution in [-0.4, -0.2) is 71.6 Å². The third-order valence-corrected chi connectivity index (χ3v) is 6.21. The number of likely N-dealkylation sites (N-methyl/N-ethyl adjacent to an activating group) is 1. The van der Waals surface area contributed by atoms with E-state index in [0.29, 0.717) is 45.4 Å². The van der Waals surface area contributed by atoms with E-state index in [1.54, 1.807) is 0 Å². The Labute approximate surface area is 164 Å². The number of aromatic nitrogens is 5. The van der Waals surface area contributed by atoms with Crippen molar-refractivity contribution in [3.8, 4) is 0 Å². The molecule has 0 bridgehead atoms. The van der Waals surface area contributed by atoms with Crippen LogP contribution < -0.4 is 0 Å². The van der Waals surface area contributed by atoms with Crippen molar-refractivity contribution in [1.29, 1.82) is 0 Å². The van der Waals surface area contributed by atoms with Crippen LogP contribution in [0.15, 0.2) is 0 Å². The maximum absolute atomic E-state index is 12.8.